The molecule has 2 unspecified atom stereocenters. The average molecular weight is 359 g/mol. The highest BCUT2D eigenvalue weighted by Crippen LogP contribution is 2.34. The molecule has 0 radical (unpaired) electrons. The van der Waals surface area contributed by atoms with Gasteiger partial charge >= 0.3 is 0 Å². The van der Waals surface area contributed by atoms with Gasteiger partial charge in [0.2, 0.25) is 5.95 Å². The molecule has 2 aliphatic rings. The Balaban J connectivity index is 1.93. The van der Waals surface area contributed by atoms with Crippen molar-refractivity contribution in [3.63, 3.8) is 0 Å². The van der Waals surface area contributed by atoms with Crippen LogP contribution in [0.25, 0.3) is 11.0 Å². The number of aromatic nitrogens is 3. The number of nitrogen functional groups attached to an aromatic ring is 1. The van der Waals surface area contributed by atoms with E-state index in [1.54, 1.807) is 10.6 Å². The van der Waals surface area contributed by atoms with Crippen molar-refractivity contribution in [2.75, 3.05) is 32.5 Å². The molecule has 2 saturated heterocycles. The molecule has 26 heavy (non-hydrogen) atoms. The summed E-state index contributed by atoms with van der Waals surface area (Å²) in [6.07, 6.45) is 1.34. The minimum absolute atomic E-state index is 0.0300. The van der Waals surface area contributed by atoms with Crippen LogP contribution in [0.3, 0.4) is 0 Å². The lowest BCUT2D eigenvalue weighted by Gasteiger charge is -2.27. The lowest BCUT2D eigenvalue weighted by molar-refractivity contribution is -0.129. The van der Waals surface area contributed by atoms with Gasteiger partial charge in [0.05, 0.1) is 18.3 Å². The van der Waals surface area contributed by atoms with Crippen molar-refractivity contribution in [2.45, 2.75) is 44.4 Å². The second-order valence-corrected chi connectivity index (χ2v) is 7.45. The smallest absolute Gasteiger partial charge is 0.252 e. The average Bonchev–Trinajstić information content (AvgIpc) is 2.99. The fraction of sp³-hybridized carbons (Fsp3) is 0.611. The van der Waals surface area contributed by atoms with E-state index in [-0.39, 0.29) is 23.5 Å². The Kier molecular flexibility index (Phi) is 4.42. The molecule has 8 nitrogen and oxygen atoms in total. The third-order valence-electron chi connectivity index (χ3n) is 5.52. The summed E-state index contributed by atoms with van der Waals surface area (Å²) in [6, 6.07) is 1.75. The highest BCUT2D eigenvalue weighted by Gasteiger charge is 2.29. The summed E-state index contributed by atoms with van der Waals surface area (Å²) in [5, 5.41) is 10.8. The van der Waals surface area contributed by atoms with Crippen LogP contribution in [0.4, 0.5) is 5.95 Å². The Morgan fingerprint density at radius 2 is 2.15 bits per heavy atom. The minimum Gasteiger partial charge on any atom is -0.368 e. The van der Waals surface area contributed by atoms with Crippen LogP contribution in [-0.4, -0.2) is 57.6 Å². The first-order valence-corrected chi connectivity index (χ1v) is 9.11. The van der Waals surface area contributed by atoms with E-state index < -0.39 is 6.29 Å². The maximum absolute atomic E-state index is 12.8. The van der Waals surface area contributed by atoms with Gasteiger partial charge in [-0.25, -0.2) is 4.98 Å². The molecule has 8 heteroatoms. The van der Waals surface area contributed by atoms with Gasteiger partial charge in [-0.05, 0) is 38.9 Å². The molecule has 3 atom stereocenters. The molecule has 2 fully saturated rings. The van der Waals surface area contributed by atoms with Crippen LogP contribution in [0.5, 0.6) is 0 Å². The first-order valence-electron chi connectivity index (χ1n) is 9.11. The first kappa shape index (κ1) is 17.4. The van der Waals surface area contributed by atoms with E-state index in [1.165, 1.54) is 0 Å². The van der Waals surface area contributed by atoms with E-state index in [2.05, 4.69) is 21.9 Å². The number of fused-ring (bicyclic) bond motifs is 1. The number of aliphatic hydroxyl groups excluding tert-OH is 1. The molecule has 3 N–H and O–H groups in total. The number of hydrogen-bond acceptors (Lipinski definition) is 7. The summed E-state index contributed by atoms with van der Waals surface area (Å²) in [5.41, 5.74) is 8.24. The summed E-state index contributed by atoms with van der Waals surface area (Å²) in [7, 11) is 2.06. The topological polar surface area (TPSA) is 107 Å². The Morgan fingerprint density at radius 3 is 2.85 bits per heavy atom. The molecule has 140 valence electrons. The van der Waals surface area contributed by atoms with E-state index in [1.807, 2.05) is 6.92 Å². The van der Waals surface area contributed by atoms with Crippen LogP contribution >= 0.6 is 0 Å². The fourth-order valence-electron chi connectivity index (χ4n) is 4.26. The van der Waals surface area contributed by atoms with Gasteiger partial charge in [0, 0.05) is 30.3 Å². The number of nitrogens with two attached hydrogens (primary N) is 1. The van der Waals surface area contributed by atoms with Crippen molar-refractivity contribution in [3.05, 3.63) is 27.7 Å². The second kappa shape index (κ2) is 6.61. The third kappa shape index (κ3) is 2.98. The second-order valence-electron chi connectivity index (χ2n) is 7.45. The van der Waals surface area contributed by atoms with E-state index in [0.717, 1.165) is 42.6 Å². The molecule has 4 rings (SSSR count). The van der Waals surface area contributed by atoms with Crippen LogP contribution in [0.2, 0.25) is 0 Å². The van der Waals surface area contributed by atoms with E-state index in [0.29, 0.717) is 18.7 Å². The van der Waals surface area contributed by atoms with Gasteiger partial charge in [0.15, 0.2) is 6.29 Å². The summed E-state index contributed by atoms with van der Waals surface area (Å²) in [5.74, 6) is 0.195. The highest BCUT2D eigenvalue weighted by atomic mass is 16.6. The minimum atomic E-state index is -0.797. The molecular weight excluding hydrogens is 334 g/mol. The molecule has 0 saturated carbocycles. The zero-order chi connectivity index (χ0) is 18.4. The molecule has 2 aliphatic heterocycles. The molecule has 0 bridgehead atoms. The van der Waals surface area contributed by atoms with Crippen molar-refractivity contribution in [2.24, 2.45) is 0 Å². The van der Waals surface area contributed by atoms with Crippen LogP contribution in [0, 0.1) is 6.92 Å². The number of rotatable bonds is 2. The number of aliphatic hydroxyl groups is 1. The van der Waals surface area contributed by atoms with Gasteiger partial charge in [-0.3, -0.25) is 9.36 Å². The van der Waals surface area contributed by atoms with E-state index in [9.17, 15) is 9.90 Å². The number of hydrogen-bond donors (Lipinski definition) is 2. The van der Waals surface area contributed by atoms with Crippen LogP contribution in [0.15, 0.2) is 10.9 Å². The Hall–Kier alpha value is -2.03. The van der Waals surface area contributed by atoms with Crippen molar-refractivity contribution in [1.82, 2.24) is 19.4 Å². The Labute approximate surface area is 151 Å². The SMILES string of the molecule is Cc1cc(=O)n([C@H]2CCN(C)C2)c2nc(N)nc(C3CCOC(O)C3)c12. The van der Waals surface area contributed by atoms with E-state index in [4.69, 9.17) is 10.5 Å². The molecule has 2 aromatic heterocycles. The maximum atomic E-state index is 12.8. The fourth-order valence-corrected chi connectivity index (χ4v) is 4.26. The van der Waals surface area contributed by atoms with Crippen molar-refractivity contribution in [1.29, 1.82) is 0 Å². The van der Waals surface area contributed by atoms with Crippen molar-refractivity contribution in [3.8, 4) is 0 Å². The van der Waals surface area contributed by atoms with Crippen molar-refractivity contribution < 1.29 is 9.84 Å². The Bertz CT molecular complexity index is 897. The van der Waals surface area contributed by atoms with Crippen LogP contribution in [0.1, 0.15) is 42.5 Å². The van der Waals surface area contributed by atoms with Gasteiger partial charge in [-0.2, -0.15) is 4.98 Å². The third-order valence-corrected chi connectivity index (χ3v) is 5.52. The summed E-state index contributed by atoms with van der Waals surface area (Å²) in [6.45, 7) is 4.15. The largest absolute Gasteiger partial charge is 0.368 e. The first-order chi connectivity index (χ1) is 12.4. The number of aryl methyl sites for hydroxylation is 1. The van der Waals surface area contributed by atoms with Gasteiger partial charge in [0.1, 0.15) is 5.65 Å². The van der Waals surface area contributed by atoms with Gasteiger partial charge < -0.3 is 20.5 Å². The number of pyridine rings is 1. The van der Waals surface area contributed by atoms with Crippen LogP contribution < -0.4 is 11.3 Å². The van der Waals surface area contributed by atoms with Crippen LogP contribution in [-0.2, 0) is 4.74 Å². The number of nitrogens with zero attached hydrogens (tertiary/aromatic N) is 4. The van der Waals surface area contributed by atoms with Gasteiger partial charge in [0.25, 0.3) is 5.56 Å². The van der Waals surface area contributed by atoms with Crippen molar-refractivity contribution >= 4 is 17.0 Å². The standard InChI is InChI=1S/C18H25N5O3/c1-10-7-13(24)23(12-3-5-22(2)9-12)17-15(10)16(20-18(19)21-17)11-4-6-26-14(25)8-11/h7,11-12,14,25H,3-6,8-9H2,1-2H3,(H2,19,20,21)/t11?,12-,14?/m0/s1. The molecule has 0 aliphatic carbocycles. The quantitative estimate of drug-likeness (QED) is 0.816. The molecule has 0 spiro atoms. The predicted molar refractivity (Wildman–Crippen MR) is 98.0 cm³/mol. The highest BCUT2D eigenvalue weighted by molar-refractivity contribution is 5.83. The lowest BCUT2D eigenvalue weighted by Crippen LogP contribution is -2.29. The number of anilines is 1. The predicted octanol–water partition coefficient (Wildman–Crippen LogP) is 0.771. The number of likely N-dealkylation sites (N-methyl/N-ethyl adjacent to an activating group) is 1. The number of likely N-dealkylation sites (tertiary alicyclic amines) is 1. The molecule has 0 aromatic carbocycles. The molecule has 2 aromatic rings. The summed E-state index contributed by atoms with van der Waals surface area (Å²) < 4.78 is 7.04. The molecular formula is C18H25N5O3. The van der Waals surface area contributed by atoms with Gasteiger partial charge in [-0.15, -0.1) is 0 Å². The van der Waals surface area contributed by atoms with E-state index >= 15 is 0 Å². The summed E-state index contributed by atoms with van der Waals surface area (Å²) >= 11 is 0. The lowest BCUT2D eigenvalue weighted by atomic mass is 9.92. The van der Waals surface area contributed by atoms with Gasteiger partial charge in [-0.1, -0.05) is 0 Å². The molecule has 4 heterocycles. The zero-order valence-corrected chi connectivity index (χ0v) is 15.2. The maximum Gasteiger partial charge on any atom is 0.252 e. The monoisotopic (exact) mass is 359 g/mol. The Morgan fingerprint density at radius 1 is 1.35 bits per heavy atom. The number of ether oxygens (including phenoxy) is 1. The molecule has 0 amide bonds. The normalized spacial score (nSPS) is 27.3. The summed E-state index contributed by atoms with van der Waals surface area (Å²) in [4.78, 5) is 24.0. The zero-order valence-electron chi connectivity index (χ0n) is 15.2.